The van der Waals surface area contributed by atoms with E-state index in [1.165, 1.54) is 23.4 Å². The van der Waals surface area contributed by atoms with Gasteiger partial charge in [0.15, 0.2) is 0 Å². The van der Waals surface area contributed by atoms with Crippen LogP contribution in [0.15, 0.2) is 36.4 Å². The van der Waals surface area contributed by atoms with Crippen LogP contribution in [0.5, 0.6) is 0 Å². The van der Waals surface area contributed by atoms with Crippen LogP contribution < -0.4 is 15.5 Å². The third-order valence-electron chi connectivity index (χ3n) is 6.12. The molecule has 4 rings (SSSR count). The Balaban J connectivity index is 1.47. The van der Waals surface area contributed by atoms with Gasteiger partial charge in [-0.3, -0.25) is 14.5 Å². The highest BCUT2D eigenvalue weighted by atomic mass is 35.5. The highest BCUT2D eigenvalue weighted by molar-refractivity contribution is 6.40. The Morgan fingerprint density at radius 2 is 1.94 bits per heavy atom. The summed E-state index contributed by atoms with van der Waals surface area (Å²) in [6.07, 6.45) is 0.991. The first kappa shape index (κ1) is 23.1. The zero-order valence-corrected chi connectivity index (χ0v) is 19.2. The minimum absolute atomic E-state index is 0.0808. The van der Waals surface area contributed by atoms with Crippen molar-refractivity contribution in [2.75, 3.05) is 56.7 Å². The Labute approximate surface area is 198 Å². The second kappa shape index (κ2) is 10.2. The maximum Gasteiger partial charge on any atom is 0.313 e. The number of anilines is 2. The molecule has 0 bridgehead atoms. The quantitative estimate of drug-likeness (QED) is 0.655. The Morgan fingerprint density at radius 1 is 1.15 bits per heavy atom. The van der Waals surface area contributed by atoms with Crippen LogP contribution in [0.3, 0.4) is 0 Å². The molecule has 0 saturated carbocycles. The van der Waals surface area contributed by atoms with Crippen molar-refractivity contribution in [2.24, 2.45) is 0 Å². The van der Waals surface area contributed by atoms with Gasteiger partial charge in [-0.1, -0.05) is 23.7 Å². The Hall–Kier alpha value is -3.12. The summed E-state index contributed by atoms with van der Waals surface area (Å²) in [6, 6.07) is 12.8. The van der Waals surface area contributed by atoms with E-state index in [2.05, 4.69) is 45.7 Å². The van der Waals surface area contributed by atoms with Gasteiger partial charge in [0, 0.05) is 43.9 Å². The first-order chi connectivity index (χ1) is 16.0. The Bertz CT molecular complexity index is 1090. The minimum Gasteiger partial charge on any atom is -0.379 e. The van der Waals surface area contributed by atoms with E-state index in [-0.39, 0.29) is 23.8 Å². The monoisotopic (exact) mass is 467 g/mol. The number of likely N-dealkylation sites (N-methyl/N-ethyl adjacent to an activating group) is 1. The van der Waals surface area contributed by atoms with Crippen molar-refractivity contribution in [1.29, 1.82) is 5.26 Å². The average molecular weight is 468 g/mol. The number of carbonyl (C=O) groups is 2. The first-order valence-corrected chi connectivity index (χ1v) is 11.3. The SMILES string of the molecule is CN1CCc2cc([C@@H](CNC(=O)C(=O)Nc3cc(Cl)ccc3C#N)N3CCOCC3)ccc21. The summed E-state index contributed by atoms with van der Waals surface area (Å²) in [5, 5.41) is 14.8. The largest absolute Gasteiger partial charge is 0.379 e. The third kappa shape index (κ3) is 5.28. The van der Waals surface area contributed by atoms with E-state index in [0.717, 1.165) is 31.6 Å². The van der Waals surface area contributed by atoms with E-state index in [0.29, 0.717) is 18.2 Å². The average Bonchev–Trinajstić information content (AvgIpc) is 3.20. The summed E-state index contributed by atoms with van der Waals surface area (Å²) < 4.78 is 5.50. The minimum atomic E-state index is -0.843. The normalized spacial score (nSPS) is 16.6. The molecular weight excluding hydrogens is 442 g/mol. The molecule has 33 heavy (non-hydrogen) atoms. The molecule has 2 heterocycles. The number of amides is 2. The topological polar surface area (TPSA) is 97.7 Å². The molecule has 172 valence electrons. The van der Waals surface area contributed by atoms with Gasteiger partial charge < -0.3 is 20.3 Å². The van der Waals surface area contributed by atoms with Crippen LogP contribution in [0.1, 0.15) is 22.7 Å². The summed E-state index contributed by atoms with van der Waals surface area (Å²) in [5.41, 5.74) is 4.07. The smallest absolute Gasteiger partial charge is 0.313 e. The number of rotatable bonds is 5. The highest BCUT2D eigenvalue weighted by Crippen LogP contribution is 2.31. The number of hydrogen-bond acceptors (Lipinski definition) is 6. The van der Waals surface area contributed by atoms with Gasteiger partial charge >= 0.3 is 11.8 Å². The van der Waals surface area contributed by atoms with Crippen molar-refractivity contribution in [3.8, 4) is 6.07 Å². The van der Waals surface area contributed by atoms with Gasteiger partial charge in [0.1, 0.15) is 6.07 Å². The van der Waals surface area contributed by atoms with Crippen molar-refractivity contribution in [1.82, 2.24) is 10.2 Å². The molecule has 0 spiro atoms. The molecule has 2 aliphatic rings. The number of benzene rings is 2. The van der Waals surface area contributed by atoms with E-state index < -0.39 is 11.8 Å². The molecule has 2 N–H and O–H groups in total. The van der Waals surface area contributed by atoms with E-state index in [1.54, 1.807) is 6.07 Å². The molecule has 1 fully saturated rings. The fraction of sp³-hybridized carbons (Fsp3) is 0.375. The standard InChI is InChI=1S/C24H26ClN5O3/c1-29-7-6-17-12-16(3-5-21(17)29)22(30-8-10-33-11-9-30)15-27-23(31)24(32)28-20-13-19(25)4-2-18(20)14-26/h2-5,12-13,22H,6-11,15H2,1H3,(H,27,31)(H,28,32)/t22-/m1/s1. The summed E-state index contributed by atoms with van der Waals surface area (Å²) >= 11 is 5.96. The van der Waals surface area contributed by atoms with E-state index in [4.69, 9.17) is 16.3 Å². The summed E-state index contributed by atoms with van der Waals surface area (Å²) in [6.45, 7) is 4.03. The lowest BCUT2D eigenvalue weighted by atomic mass is 10.0. The second-order valence-corrected chi connectivity index (χ2v) is 8.63. The predicted octanol–water partition coefficient (Wildman–Crippen LogP) is 2.33. The van der Waals surface area contributed by atoms with Crippen LogP contribution in [0.4, 0.5) is 11.4 Å². The van der Waals surface area contributed by atoms with Crippen molar-refractivity contribution in [3.63, 3.8) is 0 Å². The Kier molecular flexibility index (Phi) is 7.14. The van der Waals surface area contributed by atoms with Crippen molar-refractivity contribution < 1.29 is 14.3 Å². The molecule has 0 aliphatic carbocycles. The summed E-state index contributed by atoms with van der Waals surface area (Å²) in [4.78, 5) is 29.6. The first-order valence-electron chi connectivity index (χ1n) is 10.9. The highest BCUT2D eigenvalue weighted by Gasteiger charge is 2.26. The van der Waals surface area contributed by atoms with Gasteiger partial charge in [0.25, 0.3) is 0 Å². The lowest BCUT2D eigenvalue weighted by Crippen LogP contribution is -2.45. The van der Waals surface area contributed by atoms with Crippen LogP contribution in [0.2, 0.25) is 5.02 Å². The number of ether oxygens (including phenoxy) is 1. The maximum atomic E-state index is 12.6. The number of morpholine rings is 1. The fourth-order valence-corrected chi connectivity index (χ4v) is 4.48. The molecule has 2 aliphatic heterocycles. The zero-order valence-electron chi connectivity index (χ0n) is 18.4. The van der Waals surface area contributed by atoms with Gasteiger partial charge in [0.2, 0.25) is 0 Å². The Morgan fingerprint density at radius 3 is 2.70 bits per heavy atom. The van der Waals surface area contributed by atoms with Crippen molar-refractivity contribution >= 4 is 34.8 Å². The molecular formula is C24H26ClN5O3. The number of nitriles is 1. The number of carbonyl (C=O) groups excluding carboxylic acids is 2. The number of nitrogens with zero attached hydrogens (tertiary/aromatic N) is 3. The summed E-state index contributed by atoms with van der Waals surface area (Å²) in [7, 11) is 2.08. The van der Waals surface area contributed by atoms with Crippen molar-refractivity contribution in [3.05, 3.63) is 58.1 Å². The van der Waals surface area contributed by atoms with Gasteiger partial charge in [-0.25, -0.2) is 0 Å². The molecule has 8 nitrogen and oxygen atoms in total. The molecule has 1 atom stereocenters. The molecule has 2 amide bonds. The van der Waals surface area contributed by atoms with E-state index in [9.17, 15) is 14.9 Å². The number of hydrogen-bond donors (Lipinski definition) is 2. The van der Waals surface area contributed by atoms with E-state index in [1.807, 2.05) is 6.07 Å². The zero-order chi connectivity index (χ0) is 23.4. The molecule has 2 aromatic carbocycles. The molecule has 0 radical (unpaired) electrons. The van der Waals surface area contributed by atoms with Crippen LogP contribution in [-0.2, 0) is 20.7 Å². The molecule has 0 unspecified atom stereocenters. The van der Waals surface area contributed by atoms with Crippen LogP contribution in [0.25, 0.3) is 0 Å². The summed E-state index contributed by atoms with van der Waals surface area (Å²) in [5.74, 6) is -1.61. The lowest BCUT2D eigenvalue weighted by molar-refractivity contribution is -0.136. The second-order valence-electron chi connectivity index (χ2n) is 8.19. The van der Waals surface area contributed by atoms with Gasteiger partial charge in [-0.15, -0.1) is 0 Å². The maximum absolute atomic E-state index is 12.6. The van der Waals surface area contributed by atoms with Crippen LogP contribution in [0, 0.1) is 11.3 Å². The number of nitrogens with one attached hydrogen (secondary N) is 2. The molecule has 2 aromatic rings. The van der Waals surface area contributed by atoms with Gasteiger partial charge in [-0.05, 0) is 41.8 Å². The molecule has 1 saturated heterocycles. The number of halogens is 1. The van der Waals surface area contributed by atoms with Crippen LogP contribution >= 0.6 is 11.6 Å². The van der Waals surface area contributed by atoms with Crippen molar-refractivity contribution in [2.45, 2.75) is 12.5 Å². The fourth-order valence-electron chi connectivity index (χ4n) is 4.31. The van der Waals surface area contributed by atoms with Gasteiger partial charge in [-0.2, -0.15) is 5.26 Å². The van der Waals surface area contributed by atoms with E-state index >= 15 is 0 Å². The van der Waals surface area contributed by atoms with Crippen LogP contribution in [-0.4, -0.2) is 63.2 Å². The predicted molar refractivity (Wildman–Crippen MR) is 126 cm³/mol. The third-order valence-corrected chi connectivity index (χ3v) is 6.35. The molecule has 9 heteroatoms. The van der Waals surface area contributed by atoms with Gasteiger partial charge in [0.05, 0.1) is 30.5 Å². The lowest BCUT2D eigenvalue weighted by Gasteiger charge is -2.35. The number of fused-ring (bicyclic) bond motifs is 1. The molecule has 0 aromatic heterocycles.